The highest BCUT2D eigenvalue weighted by atomic mass is 19.4. The molecular weight excluding hydrogens is 422 g/mol. The maximum absolute atomic E-state index is 13.8. The van der Waals surface area contributed by atoms with Gasteiger partial charge in [0.05, 0.1) is 12.3 Å². The van der Waals surface area contributed by atoms with Crippen LogP contribution in [0.4, 0.5) is 17.6 Å². The number of aliphatic carboxylic acids is 1. The van der Waals surface area contributed by atoms with Gasteiger partial charge in [-0.05, 0) is 37.1 Å². The second kappa shape index (κ2) is 10.0. The van der Waals surface area contributed by atoms with E-state index in [9.17, 15) is 17.6 Å². The van der Waals surface area contributed by atoms with E-state index in [4.69, 9.17) is 19.4 Å². The third kappa shape index (κ3) is 6.11. The van der Waals surface area contributed by atoms with Crippen molar-refractivity contribution in [1.29, 1.82) is 0 Å². The van der Waals surface area contributed by atoms with E-state index < -0.39 is 18.0 Å². The van der Waals surface area contributed by atoms with Gasteiger partial charge in [0.2, 0.25) is 0 Å². The number of carboxylic acid groups (broad SMARTS) is 1. The minimum atomic E-state index is -5.08. The number of ether oxygens (including phenoxy) is 2. The molecule has 1 saturated carbocycles. The fourth-order valence-corrected chi connectivity index (χ4v) is 3.62. The summed E-state index contributed by atoms with van der Waals surface area (Å²) in [5.74, 6) is -3.12. The Morgan fingerprint density at radius 3 is 2.58 bits per heavy atom. The van der Waals surface area contributed by atoms with Gasteiger partial charge in [-0.3, -0.25) is 9.88 Å². The normalized spacial score (nSPS) is 23.4. The maximum atomic E-state index is 13.8. The number of nitrogens with zero attached hydrogens (tertiary/aromatic N) is 3. The molecule has 2 fully saturated rings. The van der Waals surface area contributed by atoms with Gasteiger partial charge < -0.3 is 14.6 Å². The molecule has 2 aliphatic rings. The topological polar surface area (TPSA) is 84.8 Å². The quantitative estimate of drug-likeness (QED) is 0.727. The number of morpholine rings is 1. The van der Waals surface area contributed by atoms with E-state index in [-0.39, 0.29) is 24.1 Å². The highest BCUT2D eigenvalue weighted by Crippen LogP contribution is 2.33. The summed E-state index contributed by atoms with van der Waals surface area (Å²) in [6, 6.07) is 9.17. The summed E-state index contributed by atoms with van der Waals surface area (Å²) in [4.78, 5) is 19.7. The minimum Gasteiger partial charge on any atom is -0.475 e. The first kappa shape index (κ1) is 22.9. The Morgan fingerprint density at radius 1 is 1.19 bits per heavy atom. The number of rotatable bonds is 4. The fourth-order valence-electron chi connectivity index (χ4n) is 3.62. The third-order valence-electron chi connectivity index (χ3n) is 4.97. The monoisotopic (exact) mass is 443 g/mol. The summed E-state index contributed by atoms with van der Waals surface area (Å²) in [6.07, 6.45) is -0.131. The van der Waals surface area contributed by atoms with E-state index in [2.05, 4.69) is 14.9 Å². The molecule has 1 aliphatic carbocycles. The van der Waals surface area contributed by atoms with Crippen LogP contribution in [0.1, 0.15) is 18.5 Å². The van der Waals surface area contributed by atoms with Crippen LogP contribution >= 0.6 is 0 Å². The van der Waals surface area contributed by atoms with Crippen molar-refractivity contribution in [3.63, 3.8) is 0 Å². The number of carboxylic acids is 1. The van der Waals surface area contributed by atoms with Crippen molar-refractivity contribution in [2.45, 2.75) is 43.8 Å². The molecule has 0 radical (unpaired) electrons. The standard InChI is InChI=1S/C18H20FN3O2.C2HF3O2/c19-14-5-3-9-21-18(14)24-16-7-6-15-17(16)23-11-10-22(15)12-13-4-1-2-8-20-13;3-2(4,5)1(6)7/h1-5,8-9,15-17H,6-7,10-12H2;(H,6,7)/t15-,16+,17+;/m0./s1. The van der Waals surface area contributed by atoms with Crippen LogP contribution in [-0.4, -0.2) is 63.5 Å². The molecule has 1 N–H and O–H groups in total. The number of halogens is 4. The molecule has 0 unspecified atom stereocenters. The summed E-state index contributed by atoms with van der Waals surface area (Å²) in [5, 5.41) is 7.12. The molecule has 0 amide bonds. The van der Waals surface area contributed by atoms with E-state index in [0.29, 0.717) is 6.61 Å². The van der Waals surface area contributed by atoms with Gasteiger partial charge in [0, 0.05) is 31.5 Å². The van der Waals surface area contributed by atoms with Crippen molar-refractivity contribution in [2.24, 2.45) is 0 Å². The molecule has 2 aromatic heterocycles. The van der Waals surface area contributed by atoms with Gasteiger partial charge in [0.1, 0.15) is 12.2 Å². The summed E-state index contributed by atoms with van der Waals surface area (Å²) in [6.45, 7) is 2.33. The number of alkyl halides is 3. The van der Waals surface area contributed by atoms with E-state index >= 15 is 0 Å². The van der Waals surface area contributed by atoms with Crippen LogP contribution in [0, 0.1) is 5.82 Å². The van der Waals surface area contributed by atoms with Crippen molar-refractivity contribution in [1.82, 2.24) is 14.9 Å². The predicted octanol–water partition coefficient (Wildman–Crippen LogP) is 3.06. The Labute approximate surface area is 175 Å². The molecule has 4 rings (SSSR count). The molecule has 3 atom stereocenters. The molecule has 1 aliphatic heterocycles. The van der Waals surface area contributed by atoms with Crippen LogP contribution in [0.2, 0.25) is 0 Å². The van der Waals surface area contributed by atoms with Crippen molar-refractivity contribution in [3.05, 3.63) is 54.2 Å². The van der Waals surface area contributed by atoms with Gasteiger partial charge in [-0.2, -0.15) is 13.2 Å². The third-order valence-corrected chi connectivity index (χ3v) is 4.97. The first-order valence-electron chi connectivity index (χ1n) is 9.58. The molecule has 1 saturated heterocycles. The highest BCUT2D eigenvalue weighted by Gasteiger charge is 2.44. The summed E-state index contributed by atoms with van der Waals surface area (Å²) in [5.41, 5.74) is 1.05. The molecule has 0 spiro atoms. The van der Waals surface area contributed by atoms with E-state index in [1.165, 1.54) is 6.07 Å². The zero-order chi connectivity index (χ0) is 22.4. The van der Waals surface area contributed by atoms with E-state index in [0.717, 1.165) is 31.6 Å². The molecule has 7 nitrogen and oxygen atoms in total. The maximum Gasteiger partial charge on any atom is 0.490 e. The van der Waals surface area contributed by atoms with Gasteiger partial charge in [0.25, 0.3) is 5.88 Å². The number of hydrogen-bond acceptors (Lipinski definition) is 6. The average molecular weight is 443 g/mol. The van der Waals surface area contributed by atoms with Crippen molar-refractivity contribution in [2.75, 3.05) is 13.2 Å². The smallest absolute Gasteiger partial charge is 0.475 e. The predicted molar refractivity (Wildman–Crippen MR) is 99.7 cm³/mol. The molecule has 3 heterocycles. The average Bonchev–Trinajstić information content (AvgIpc) is 3.14. The molecular formula is C20H21F4N3O4. The Morgan fingerprint density at radius 2 is 1.94 bits per heavy atom. The lowest BCUT2D eigenvalue weighted by molar-refractivity contribution is -0.192. The zero-order valence-electron chi connectivity index (χ0n) is 16.3. The Bertz CT molecular complexity index is 869. The SMILES string of the molecule is Fc1cccnc1O[C@@H]1CC[C@H]2[C@H]1OCCN2Cc1ccccn1.O=C(O)C(F)(F)F. The van der Waals surface area contributed by atoms with Gasteiger partial charge in [-0.15, -0.1) is 0 Å². The molecule has 31 heavy (non-hydrogen) atoms. The molecule has 168 valence electrons. The fraction of sp³-hybridized carbons (Fsp3) is 0.450. The Hall–Kier alpha value is -2.79. The van der Waals surface area contributed by atoms with Crippen LogP contribution in [0.15, 0.2) is 42.7 Å². The summed E-state index contributed by atoms with van der Waals surface area (Å²) in [7, 11) is 0. The lowest BCUT2D eigenvalue weighted by atomic mass is 10.1. The number of aromatic nitrogens is 2. The van der Waals surface area contributed by atoms with Crippen LogP contribution in [0.5, 0.6) is 5.88 Å². The van der Waals surface area contributed by atoms with E-state index in [1.807, 2.05) is 24.4 Å². The van der Waals surface area contributed by atoms with Gasteiger partial charge in [-0.25, -0.2) is 14.2 Å². The molecule has 11 heteroatoms. The summed E-state index contributed by atoms with van der Waals surface area (Å²) < 4.78 is 57.3. The Balaban J connectivity index is 0.000000339. The van der Waals surface area contributed by atoms with E-state index in [1.54, 1.807) is 12.3 Å². The second-order valence-electron chi connectivity index (χ2n) is 7.02. The highest BCUT2D eigenvalue weighted by molar-refractivity contribution is 5.73. The number of hydrogen-bond donors (Lipinski definition) is 1. The van der Waals surface area contributed by atoms with Gasteiger partial charge in [-0.1, -0.05) is 6.07 Å². The van der Waals surface area contributed by atoms with Gasteiger partial charge in [0.15, 0.2) is 5.82 Å². The number of fused-ring (bicyclic) bond motifs is 1. The van der Waals surface area contributed by atoms with Crippen molar-refractivity contribution >= 4 is 5.97 Å². The molecule has 2 aromatic rings. The second-order valence-corrected chi connectivity index (χ2v) is 7.02. The minimum absolute atomic E-state index is 0.0520. The van der Waals surface area contributed by atoms with Gasteiger partial charge >= 0.3 is 12.1 Å². The lowest BCUT2D eigenvalue weighted by Gasteiger charge is -2.38. The molecule has 0 bridgehead atoms. The largest absolute Gasteiger partial charge is 0.490 e. The Kier molecular flexibility index (Phi) is 7.39. The first-order valence-corrected chi connectivity index (χ1v) is 9.58. The summed E-state index contributed by atoms with van der Waals surface area (Å²) >= 11 is 0. The van der Waals surface area contributed by atoms with Crippen LogP contribution in [-0.2, 0) is 16.1 Å². The zero-order valence-corrected chi connectivity index (χ0v) is 16.3. The number of carbonyl (C=O) groups is 1. The van der Waals surface area contributed by atoms with Crippen LogP contribution < -0.4 is 4.74 Å². The van der Waals surface area contributed by atoms with Crippen LogP contribution in [0.3, 0.4) is 0 Å². The van der Waals surface area contributed by atoms with Crippen molar-refractivity contribution < 1.29 is 36.9 Å². The first-order chi connectivity index (χ1) is 14.8. The van der Waals surface area contributed by atoms with Crippen LogP contribution in [0.25, 0.3) is 0 Å². The van der Waals surface area contributed by atoms with Crippen molar-refractivity contribution in [3.8, 4) is 5.88 Å². The lowest BCUT2D eigenvalue weighted by Crippen LogP contribution is -2.51. The number of pyridine rings is 2. The molecule has 0 aromatic carbocycles.